The number of anilines is 1. The van der Waals surface area contributed by atoms with Crippen molar-refractivity contribution in [3.63, 3.8) is 0 Å². The van der Waals surface area contributed by atoms with Gasteiger partial charge in [0.2, 0.25) is 11.8 Å². The van der Waals surface area contributed by atoms with Gasteiger partial charge in [-0.25, -0.2) is 4.39 Å². The van der Waals surface area contributed by atoms with E-state index in [4.69, 9.17) is 0 Å². The van der Waals surface area contributed by atoms with Crippen molar-refractivity contribution in [3.8, 4) is 0 Å². The molecule has 0 bridgehead atoms. The molecule has 2 N–H and O–H groups in total. The molecule has 35 heavy (non-hydrogen) atoms. The summed E-state index contributed by atoms with van der Waals surface area (Å²) >= 11 is 0. The summed E-state index contributed by atoms with van der Waals surface area (Å²) in [5.74, 6) is -3.12. The minimum Gasteiger partial charge on any atom is -0.380 e. The van der Waals surface area contributed by atoms with Gasteiger partial charge < -0.3 is 5.32 Å². The number of carbonyl (C=O) groups excluding carboxylic acids is 4. The first kappa shape index (κ1) is 23.2. The van der Waals surface area contributed by atoms with Crippen molar-refractivity contribution in [3.05, 3.63) is 65.0 Å². The number of imide groups is 2. The van der Waals surface area contributed by atoms with Crippen LogP contribution in [-0.4, -0.2) is 58.6 Å². The molecule has 0 saturated carbocycles. The molecule has 0 radical (unpaired) electrons. The van der Waals surface area contributed by atoms with Crippen LogP contribution in [0, 0.1) is 5.82 Å². The fourth-order valence-corrected chi connectivity index (χ4v) is 5.24. The lowest BCUT2D eigenvalue weighted by atomic mass is 10.0. The molecular formula is C26H27FN4O4. The van der Waals surface area contributed by atoms with E-state index >= 15 is 0 Å². The van der Waals surface area contributed by atoms with Crippen LogP contribution in [0.15, 0.2) is 42.5 Å². The first-order valence-electron chi connectivity index (χ1n) is 12.0. The molecule has 4 amide bonds. The summed E-state index contributed by atoms with van der Waals surface area (Å²) in [6, 6.07) is 11.7. The number of halogens is 1. The molecular weight excluding hydrogens is 451 g/mol. The largest absolute Gasteiger partial charge is 0.380 e. The zero-order chi connectivity index (χ0) is 24.5. The summed E-state index contributed by atoms with van der Waals surface area (Å²) in [5.41, 5.74) is 1.20. The molecule has 1 unspecified atom stereocenters. The summed E-state index contributed by atoms with van der Waals surface area (Å²) in [6.07, 6.45) is 3.17. The smallest absolute Gasteiger partial charge is 0.264 e. The summed E-state index contributed by atoms with van der Waals surface area (Å²) < 4.78 is 15.0. The van der Waals surface area contributed by atoms with Crippen molar-refractivity contribution in [1.29, 1.82) is 0 Å². The molecule has 0 aliphatic carbocycles. The number of nitrogens with zero attached hydrogens (tertiary/aromatic N) is 2. The molecule has 2 aromatic carbocycles. The lowest BCUT2D eigenvalue weighted by Crippen LogP contribution is -2.54. The van der Waals surface area contributed by atoms with Crippen LogP contribution in [0.25, 0.3) is 0 Å². The second kappa shape index (κ2) is 9.58. The number of piperidine rings is 2. The molecule has 5 rings (SSSR count). The summed E-state index contributed by atoms with van der Waals surface area (Å²) in [5, 5.41) is 5.29. The van der Waals surface area contributed by atoms with E-state index in [0.29, 0.717) is 6.54 Å². The van der Waals surface area contributed by atoms with Gasteiger partial charge >= 0.3 is 0 Å². The Morgan fingerprint density at radius 2 is 1.77 bits per heavy atom. The minimum absolute atomic E-state index is 0.0131. The van der Waals surface area contributed by atoms with Crippen LogP contribution in [-0.2, 0) is 16.1 Å². The molecule has 0 aromatic heterocycles. The second-order valence-electron chi connectivity index (χ2n) is 9.28. The molecule has 3 aliphatic heterocycles. The number of hydrogen-bond donors (Lipinski definition) is 2. The predicted molar refractivity (Wildman–Crippen MR) is 126 cm³/mol. The van der Waals surface area contributed by atoms with Crippen molar-refractivity contribution in [2.24, 2.45) is 0 Å². The van der Waals surface area contributed by atoms with E-state index in [-0.39, 0.29) is 35.7 Å². The van der Waals surface area contributed by atoms with Crippen LogP contribution in [0.2, 0.25) is 0 Å². The maximum Gasteiger partial charge on any atom is 0.264 e. The van der Waals surface area contributed by atoms with Crippen LogP contribution in [0.5, 0.6) is 0 Å². The van der Waals surface area contributed by atoms with Gasteiger partial charge in [0.1, 0.15) is 11.9 Å². The summed E-state index contributed by atoms with van der Waals surface area (Å²) in [4.78, 5) is 53.4. The third kappa shape index (κ3) is 4.43. The van der Waals surface area contributed by atoms with Gasteiger partial charge in [-0.1, -0.05) is 36.8 Å². The molecule has 8 nitrogen and oxygen atoms in total. The molecule has 0 spiro atoms. The van der Waals surface area contributed by atoms with Crippen LogP contribution in [0.4, 0.5) is 10.1 Å². The molecule has 182 valence electrons. The number of likely N-dealkylation sites (tertiary alicyclic amines) is 1. The third-order valence-corrected chi connectivity index (χ3v) is 7.05. The van der Waals surface area contributed by atoms with E-state index in [2.05, 4.69) is 27.7 Å². The Labute approximate surface area is 202 Å². The van der Waals surface area contributed by atoms with Crippen molar-refractivity contribution >= 4 is 29.3 Å². The minimum atomic E-state index is -1.09. The van der Waals surface area contributed by atoms with Gasteiger partial charge in [-0.05, 0) is 43.5 Å². The SMILES string of the molecule is O=C1CCC(N2C(=O)c3ccc(F)c(NC[C@@H]4CCCCN4Cc4ccccc4)c3C2=O)C(=O)N1. The zero-order valence-electron chi connectivity index (χ0n) is 19.3. The number of amides is 4. The highest BCUT2D eigenvalue weighted by molar-refractivity contribution is 6.25. The fraction of sp³-hybridized carbons (Fsp3) is 0.385. The molecule has 3 heterocycles. The average Bonchev–Trinajstić information content (AvgIpc) is 3.10. The van der Waals surface area contributed by atoms with Gasteiger partial charge in [-0.2, -0.15) is 0 Å². The van der Waals surface area contributed by atoms with E-state index in [1.54, 1.807) is 0 Å². The Balaban J connectivity index is 1.36. The Bertz CT molecular complexity index is 1190. The standard InChI is InChI=1S/C26H27FN4O4/c27-19-10-9-18-22(26(35)31(25(18)34)20-11-12-21(32)29-24(20)33)23(19)28-14-17-8-4-5-13-30(17)15-16-6-2-1-3-7-16/h1-3,6-7,9-10,17,20,28H,4-5,8,11-15H2,(H,29,32,33)/t17-,20?/m0/s1. The van der Waals surface area contributed by atoms with E-state index in [1.807, 2.05) is 18.2 Å². The van der Waals surface area contributed by atoms with Crippen LogP contribution < -0.4 is 10.6 Å². The lowest BCUT2D eigenvalue weighted by Gasteiger charge is -2.36. The Morgan fingerprint density at radius 1 is 0.971 bits per heavy atom. The summed E-state index contributed by atoms with van der Waals surface area (Å²) in [7, 11) is 0. The van der Waals surface area contributed by atoms with Crippen molar-refractivity contribution in [1.82, 2.24) is 15.1 Å². The van der Waals surface area contributed by atoms with Gasteiger partial charge in [-0.3, -0.25) is 34.3 Å². The Hall–Kier alpha value is -3.59. The van der Waals surface area contributed by atoms with Gasteiger partial charge in [0.25, 0.3) is 11.8 Å². The van der Waals surface area contributed by atoms with E-state index < -0.39 is 35.5 Å². The number of carbonyl (C=O) groups is 4. The van der Waals surface area contributed by atoms with Gasteiger partial charge in [0.05, 0.1) is 16.8 Å². The van der Waals surface area contributed by atoms with Crippen LogP contribution in [0.1, 0.15) is 58.4 Å². The first-order valence-corrected chi connectivity index (χ1v) is 12.0. The molecule has 2 aromatic rings. The molecule has 9 heteroatoms. The first-order chi connectivity index (χ1) is 16.9. The maximum absolute atomic E-state index is 15.0. The van der Waals surface area contributed by atoms with Crippen molar-refractivity contribution < 1.29 is 23.6 Å². The third-order valence-electron chi connectivity index (χ3n) is 7.05. The number of hydrogen-bond acceptors (Lipinski definition) is 6. The molecule has 2 fully saturated rings. The highest BCUT2D eigenvalue weighted by Gasteiger charge is 2.46. The van der Waals surface area contributed by atoms with Gasteiger partial charge in [0.15, 0.2) is 0 Å². The number of rotatable bonds is 6. The van der Waals surface area contributed by atoms with Crippen LogP contribution in [0.3, 0.4) is 0 Å². The monoisotopic (exact) mass is 478 g/mol. The zero-order valence-corrected chi connectivity index (χ0v) is 19.3. The van der Waals surface area contributed by atoms with Gasteiger partial charge in [0, 0.05) is 25.6 Å². The maximum atomic E-state index is 15.0. The molecule has 2 atom stereocenters. The van der Waals surface area contributed by atoms with Crippen molar-refractivity contribution in [2.45, 2.75) is 50.7 Å². The van der Waals surface area contributed by atoms with Crippen molar-refractivity contribution in [2.75, 3.05) is 18.4 Å². The highest BCUT2D eigenvalue weighted by Crippen LogP contribution is 2.34. The predicted octanol–water partition coefficient (Wildman–Crippen LogP) is 2.69. The summed E-state index contributed by atoms with van der Waals surface area (Å²) in [6.45, 7) is 2.13. The van der Waals surface area contributed by atoms with Crippen LogP contribution >= 0.6 is 0 Å². The Morgan fingerprint density at radius 3 is 2.54 bits per heavy atom. The Kier molecular flexibility index (Phi) is 6.34. The van der Waals surface area contributed by atoms with Gasteiger partial charge in [-0.15, -0.1) is 0 Å². The molecule has 3 aliphatic rings. The number of fused-ring (bicyclic) bond motifs is 1. The van der Waals surface area contributed by atoms with E-state index in [0.717, 1.165) is 37.3 Å². The topological polar surface area (TPSA) is 98.8 Å². The number of benzene rings is 2. The molecule has 2 saturated heterocycles. The number of nitrogens with one attached hydrogen (secondary N) is 2. The average molecular weight is 479 g/mol. The second-order valence-corrected chi connectivity index (χ2v) is 9.28. The lowest BCUT2D eigenvalue weighted by molar-refractivity contribution is -0.136. The normalized spacial score (nSPS) is 22.8. The highest BCUT2D eigenvalue weighted by atomic mass is 19.1. The quantitative estimate of drug-likeness (QED) is 0.620. The fourth-order valence-electron chi connectivity index (χ4n) is 5.24. The van der Waals surface area contributed by atoms with E-state index in [1.165, 1.54) is 17.7 Å². The van der Waals surface area contributed by atoms with E-state index in [9.17, 15) is 23.6 Å².